The number of amides is 3. The lowest BCUT2D eigenvalue weighted by atomic mass is 10.1. The molecule has 1 aliphatic rings. The number of methoxy groups -OCH3 is 1. The van der Waals surface area contributed by atoms with E-state index in [-0.39, 0.29) is 24.4 Å². The molecule has 2 N–H and O–H groups in total. The van der Waals surface area contributed by atoms with E-state index in [4.69, 9.17) is 4.74 Å². The fraction of sp³-hybridized carbons (Fsp3) is 0.250. The number of hydrogen-bond donors (Lipinski definition) is 2. The van der Waals surface area contributed by atoms with Crippen molar-refractivity contribution < 1.29 is 19.1 Å². The van der Waals surface area contributed by atoms with Crippen LogP contribution in [0.15, 0.2) is 30.3 Å². The summed E-state index contributed by atoms with van der Waals surface area (Å²) in [5.74, 6) is -0.964. The van der Waals surface area contributed by atoms with Gasteiger partial charge >= 0.3 is 0 Å². The van der Waals surface area contributed by atoms with Gasteiger partial charge in [0.1, 0.15) is 11.7 Å². The number of rotatable bonds is 3. The fourth-order valence-corrected chi connectivity index (χ4v) is 2.50. The van der Waals surface area contributed by atoms with E-state index in [1.165, 1.54) is 7.11 Å². The van der Waals surface area contributed by atoms with Gasteiger partial charge in [-0.1, -0.05) is 18.2 Å². The summed E-state index contributed by atoms with van der Waals surface area (Å²) in [4.78, 5) is 39.4. The number of nitrogens with one attached hydrogen (secondary N) is 2. The van der Waals surface area contributed by atoms with Crippen molar-refractivity contribution in [3.63, 3.8) is 0 Å². The van der Waals surface area contributed by atoms with Crippen LogP contribution >= 0.6 is 0 Å². The molecule has 7 heteroatoms. The number of pyridine rings is 1. The molecule has 0 saturated carbocycles. The number of nitrogens with zero attached hydrogens (tertiary/aromatic N) is 1. The number of hydrogen-bond acceptors (Lipinski definition) is 5. The number of fused-ring (bicyclic) bond motifs is 1. The Bertz CT molecular complexity index is 803. The lowest BCUT2D eigenvalue weighted by molar-refractivity contribution is -0.134. The van der Waals surface area contributed by atoms with Gasteiger partial charge in [-0.15, -0.1) is 0 Å². The molecule has 0 aliphatic carbocycles. The van der Waals surface area contributed by atoms with Crippen LogP contribution in [0.2, 0.25) is 0 Å². The molecule has 23 heavy (non-hydrogen) atoms. The Kier molecular flexibility index (Phi) is 3.92. The lowest BCUT2D eigenvalue weighted by Crippen LogP contribution is -2.52. The number of aromatic nitrogens is 1. The van der Waals surface area contributed by atoms with E-state index in [1.807, 2.05) is 24.3 Å². The van der Waals surface area contributed by atoms with Crippen molar-refractivity contribution >= 4 is 28.5 Å². The predicted molar refractivity (Wildman–Crippen MR) is 81.9 cm³/mol. The normalized spacial score (nSPS) is 17.7. The van der Waals surface area contributed by atoms with Crippen LogP contribution in [0.3, 0.4) is 0 Å². The van der Waals surface area contributed by atoms with Crippen LogP contribution in [0.25, 0.3) is 10.8 Å². The maximum Gasteiger partial charge on any atom is 0.270 e. The van der Waals surface area contributed by atoms with Crippen molar-refractivity contribution in [1.82, 2.24) is 15.6 Å². The van der Waals surface area contributed by atoms with Crippen molar-refractivity contribution in [2.45, 2.75) is 18.9 Å². The van der Waals surface area contributed by atoms with Crippen LogP contribution in [0.1, 0.15) is 23.3 Å². The molecule has 2 aromatic rings. The van der Waals surface area contributed by atoms with Gasteiger partial charge < -0.3 is 10.1 Å². The van der Waals surface area contributed by atoms with Gasteiger partial charge in [-0.3, -0.25) is 19.7 Å². The van der Waals surface area contributed by atoms with Crippen LogP contribution in [0.4, 0.5) is 0 Å². The zero-order valence-electron chi connectivity index (χ0n) is 12.5. The van der Waals surface area contributed by atoms with Crippen LogP contribution in [-0.2, 0) is 9.59 Å². The summed E-state index contributed by atoms with van der Waals surface area (Å²) < 4.78 is 5.23. The third-order valence-corrected chi connectivity index (χ3v) is 3.68. The van der Waals surface area contributed by atoms with Crippen LogP contribution in [-0.4, -0.2) is 35.9 Å². The summed E-state index contributed by atoms with van der Waals surface area (Å²) in [5, 5.41) is 6.41. The molecule has 3 amide bonds. The average Bonchev–Trinajstić information content (AvgIpc) is 2.56. The van der Waals surface area contributed by atoms with Gasteiger partial charge in [0.05, 0.1) is 7.11 Å². The van der Waals surface area contributed by atoms with E-state index in [0.29, 0.717) is 5.88 Å². The monoisotopic (exact) mass is 313 g/mol. The lowest BCUT2D eigenvalue weighted by Gasteiger charge is -2.21. The van der Waals surface area contributed by atoms with Crippen LogP contribution in [0, 0.1) is 0 Å². The zero-order chi connectivity index (χ0) is 16.4. The molecule has 3 rings (SSSR count). The van der Waals surface area contributed by atoms with Gasteiger partial charge in [0.25, 0.3) is 5.91 Å². The second-order valence-corrected chi connectivity index (χ2v) is 5.22. The minimum atomic E-state index is -0.737. The Labute approximate surface area is 132 Å². The van der Waals surface area contributed by atoms with Crippen molar-refractivity contribution in [3.05, 3.63) is 36.0 Å². The molecule has 7 nitrogen and oxygen atoms in total. The average molecular weight is 313 g/mol. The molecular formula is C16H15N3O4. The van der Waals surface area contributed by atoms with Crippen molar-refractivity contribution in [3.8, 4) is 5.88 Å². The van der Waals surface area contributed by atoms with E-state index in [9.17, 15) is 14.4 Å². The molecule has 0 spiro atoms. The third kappa shape index (κ3) is 2.98. The minimum absolute atomic E-state index is 0.158. The predicted octanol–water partition coefficient (Wildman–Crippen LogP) is 0.778. The van der Waals surface area contributed by atoms with E-state index in [0.717, 1.165) is 10.8 Å². The van der Waals surface area contributed by atoms with Gasteiger partial charge in [0, 0.05) is 11.8 Å². The number of carbonyl (C=O) groups is 3. The summed E-state index contributed by atoms with van der Waals surface area (Å²) in [7, 11) is 1.48. The first-order chi connectivity index (χ1) is 11.1. The number of benzene rings is 1. The fourth-order valence-electron chi connectivity index (χ4n) is 2.50. The molecule has 1 fully saturated rings. The summed E-state index contributed by atoms with van der Waals surface area (Å²) in [5.41, 5.74) is 0.158. The quantitative estimate of drug-likeness (QED) is 0.816. The maximum absolute atomic E-state index is 12.4. The molecule has 1 saturated heterocycles. The summed E-state index contributed by atoms with van der Waals surface area (Å²) >= 11 is 0. The van der Waals surface area contributed by atoms with Crippen molar-refractivity contribution in [2.24, 2.45) is 0 Å². The SMILES string of the molecule is COc1nc(C(=O)NC2CCC(=O)NC2=O)cc2ccccc12. The molecule has 0 radical (unpaired) electrons. The van der Waals surface area contributed by atoms with Gasteiger partial charge in [-0.05, 0) is 23.9 Å². The van der Waals surface area contributed by atoms with E-state index < -0.39 is 17.9 Å². The van der Waals surface area contributed by atoms with E-state index in [1.54, 1.807) is 6.07 Å². The Hall–Kier alpha value is -2.96. The molecule has 1 unspecified atom stereocenters. The van der Waals surface area contributed by atoms with Crippen LogP contribution in [0.5, 0.6) is 5.88 Å². The van der Waals surface area contributed by atoms with Gasteiger partial charge in [0.2, 0.25) is 17.7 Å². The maximum atomic E-state index is 12.4. The van der Waals surface area contributed by atoms with Crippen molar-refractivity contribution in [2.75, 3.05) is 7.11 Å². The standard InChI is InChI=1S/C16H15N3O4/c1-23-16-10-5-3-2-4-9(10)8-12(18-16)15(22)17-11-6-7-13(20)19-14(11)21/h2-5,8,11H,6-7H2,1H3,(H,17,22)(H,19,20,21). The summed E-state index contributed by atoms with van der Waals surface area (Å²) in [6, 6.07) is 8.31. The molecule has 118 valence electrons. The highest BCUT2D eigenvalue weighted by atomic mass is 16.5. The first-order valence-corrected chi connectivity index (χ1v) is 7.17. The Morgan fingerprint density at radius 1 is 1.35 bits per heavy atom. The highest BCUT2D eigenvalue weighted by molar-refractivity contribution is 6.04. The topological polar surface area (TPSA) is 97.4 Å². The number of carbonyl (C=O) groups excluding carboxylic acids is 3. The second kappa shape index (κ2) is 6.04. The van der Waals surface area contributed by atoms with Gasteiger partial charge in [-0.25, -0.2) is 4.98 Å². The highest BCUT2D eigenvalue weighted by Crippen LogP contribution is 2.24. The summed E-state index contributed by atoms with van der Waals surface area (Å²) in [6.07, 6.45) is 0.478. The highest BCUT2D eigenvalue weighted by Gasteiger charge is 2.28. The van der Waals surface area contributed by atoms with Crippen molar-refractivity contribution in [1.29, 1.82) is 0 Å². The largest absolute Gasteiger partial charge is 0.481 e. The number of ether oxygens (including phenoxy) is 1. The smallest absolute Gasteiger partial charge is 0.270 e. The van der Waals surface area contributed by atoms with Gasteiger partial charge in [-0.2, -0.15) is 0 Å². The zero-order valence-corrected chi connectivity index (χ0v) is 12.5. The molecule has 2 heterocycles. The first kappa shape index (κ1) is 15.0. The molecule has 1 atom stereocenters. The summed E-state index contributed by atoms with van der Waals surface area (Å²) in [6.45, 7) is 0. The first-order valence-electron chi connectivity index (χ1n) is 7.17. The molecule has 0 bridgehead atoms. The third-order valence-electron chi connectivity index (χ3n) is 3.68. The minimum Gasteiger partial charge on any atom is -0.481 e. The Morgan fingerprint density at radius 3 is 2.87 bits per heavy atom. The Balaban J connectivity index is 1.86. The van der Waals surface area contributed by atoms with Gasteiger partial charge in [0.15, 0.2) is 0 Å². The van der Waals surface area contributed by atoms with E-state index in [2.05, 4.69) is 15.6 Å². The molecule has 1 aromatic carbocycles. The number of imide groups is 1. The molecule has 1 aromatic heterocycles. The second-order valence-electron chi connectivity index (χ2n) is 5.22. The molecular weight excluding hydrogens is 298 g/mol. The number of piperidine rings is 1. The molecule has 1 aliphatic heterocycles. The van der Waals surface area contributed by atoms with Crippen LogP contribution < -0.4 is 15.4 Å². The Morgan fingerprint density at radius 2 is 2.13 bits per heavy atom. The van der Waals surface area contributed by atoms with E-state index >= 15 is 0 Å².